The van der Waals surface area contributed by atoms with E-state index < -0.39 is 0 Å². The Balaban J connectivity index is 2.60. The molecule has 1 heteroatoms. The molecule has 1 aliphatic carbocycles. The number of nitrogens with one attached hydrogen (secondary N) is 1. The Hall–Kier alpha value is -0.820. The van der Waals surface area contributed by atoms with Crippen LogP contribution in [-0.2, 0) is 0 Å². The molecule has 82 valence electrons. The van der Waals surface area contributed by atoms with E-state index >= 15 is 0 Å². The van der Waals surface area contributed by atoms with E-state index in [4.69, 9.17) is 0 Å². The lowest BCUT2D eigenvalue weighted by Gasteiger charge is -2.17. The van der Waals surface area contributed by atoms with Crippen molar-refractivity contribution in [1.82, 2.24) is 5.32 Å². The summed E-state index contributed by atoms with van der Waals surface area (Å²) in [6, 6.07) is 5.19. The van der Waals surface area contributed by atoms with E-state index in [-0.39, 0.29) is 0 Å². The zero-order valence-electron chi connectivity index (χ0n) is 10.4. The summed E-state index contributed by atoms with van der Waals surface area (Å²) >= 11 is 0. The molecule has 1 aromatic carbocycles. The molecular formula is C14H21N. The van der Waals surface area contributed by atoms with Crippen LogP contribution < -0.4 is 5.32 Å². The van der Waals surface area contributed by atoms with Gasteiger partial charge in [0.15, 0.2) is 0 Å². The molecule has 0 radical (unpaired) electrons. The van der Waals surface area contributed by atoms with Crippen molar-refractivity contribution in [2.45, 2.75) is 39.7 Å². The minimum Gasteiger partial charge on any atom is -0.313 e. The number of hydrogen-bond donors (Lipinski definition) is 1. The van der Waals surface area contributed by atoms with E-state index in [1.807, 2.05) is 0 Å². The third kappa shape index (κ3) is 1.50. The molecular weight excluding hydrogens is 182 g/mol. The number of hydrogen-bond acceptors (Lipinski definition) is 1. The normalized spacial score (nSPS) is 29.3. The fourth-order valence-corrected chi connectivity index (χ4v) is 3.14. The van der Waals surface area contributed by atoms with Gasteiger partial charge < -0.3 is 5.32 Å². The molecule has 2 rings (SSSR count). The van der Waals surface area contributed by atoms with Crippen LogP contribution in [0.4, 0.5) is 0 Å². The first kappa shape index (κ1) is 10.7. The van der Waals surface area contributed by atoms with Gasteiger partial charge in [-0.25, -0.2) is 0 Å². The SMILES string of the molecule is CNC1c2cc(C)cc(C)c2C(C)C1C. The van der Waals surface area contributed by atoms with Gasteiger partial charge in [0, 0.05) is 6.04 Å². The third-order valence-corrected chi connectivity index (χ3v) is 3.98. The molecule has 1 nitrogen and oxygen atoms in total. The molecule has 0 saturated heterocycles. The summed E-state index contributed by atoms with van der Waals surface area (Å²) in [6.07, 6.45) is 0. The molecule has 0 aliphatic heterocycles. The average Bonchev–Trinajstić information content (AvgIpc) is 2.39. The van der Waals surface area contributed by atoms with Gasteiger partial charge in [0.1, 0.15) is 0 Å². The van der Waals surface area contributed by atoms with Crippen LogP contribution in [0.1, 0.15) is 48.1 Å². The highest BCUT2D eigenvalue weighted by Crippen LogP contribution is 2.46. The molecule has 0 heterocycles. The van der Waals surface area contributed by atoms with E-state index in [1.54, 1.807) is 5.56 Å². The van der Waals surface area contributed by atoms with Crippen molar-refractivity contribution in [2.24, 2.45) is 5.92 Å². The second-order valence-electron chi connectivity index (χ2n) is 5.00. The molecule has 0 bridgehead atoms. The third-order valence-electron chi connectivity index (χ3n) is 3.98. The van der Waals surface area contributed by atoms with Crippen LogP contribution in [-0.4, -0.2) is 7.05 Å². The maximum Gasteiger partial charge on any atom is 0.0352 e. The number of aryl methyl sites for hydroxylation is 2. The van der Waals surface area contributed by atoms with Gasteiger partial charge in [-0.2, -0.15) is 0 Å². The quantitative estimate of drug-likeness (QED) is 0.738. The Morgan fingerprint density at radius 2 is 1.80 bits per heavy atom. The second kappa shape index (κ2) is 3.64. The summed E-state index contributed by atoms with van der Waals surface area (Å²) in [5.74, 6) is 1.38. The summed E-state index contributed by atoms with van der Waals surface area (Å²) in [4.78, 5) is 0. The minimum atomic E-state index is 0.536. The van der Waals surface area contributed by atoms with Crippen LogP contribution in [0.15, 0.2) is 12.1 Å². The van der Waals surface area contributed by atoms with Crippen LogP contribution >= 0.6 is 0 Å². The zero-order chi connectivity index (χ0) is 11.2. The van der Waals surface area contributed by atoms with Gasteiger partial charge in [-0.05, 0) is 49.4 Å². The predicted molar refractivity (Wildman–Crippen MR) is 65.3 cm³/mol. The van der Waals surface area contributed by atoms with E-state index in [0.29, 0.717) is 17.9 Å². The van der Waals surface area contributed by atoms with E-state index in [2.05, 4.69) is 52.2 Å². The Morgan fingerprint density at radius 1 is 1.13 bits per heavy atom. The second-order valence-corrected chi connectivity index (χ2v) is 5.00. The molecule has 15 heavy (non-hydrogen) atoms. The van der Waals surface area contributed by atoms with Crippen molar-refractivity contribution < 1.29 is 0 Å². The van der Waals surface area contributed by atoms with Crippen molar-refractivity contribution >= 4 is 0 Å². The maximum absolute atomic E-state index is 3.45. The van der Waals surface area contributed by atoms with Crippen molar-refractivity contribution in [3.8, 4) is 0 Å². The molecule has 0 spiro atoms. The van der Waals surface area contributed by atoms with Crippen molar-refractivity contribution in [3.63, 3.8) is 0 Å². The number of benzene rings is 1. The minimum absolute atomic E-state index is 0.536. The monoisotopic (exact) mass is 203 g/mol. The average molecular weight is 203 g/mol. The number of rotatable bonds is 1. The van der Waals surface area contributed by atoms with Crippen LogP contribution in [0.5, 0.6) is 0 Å². The number of fused-ring (bicyclic) bond motifs is 1. The molecule has 1 aromatic rings. The predicted octanol–water partition coefficient (Wildman–Crippen LogP) is 3.32. The standard InChI is InChI=1S/C14H21N/c1-8-6-9(2)13-10(3)11(4)14(15-5)12(13)7-8/h6-7,10-11,14-15H,1-5H3. The lowest BCUT2D eigenvalue weighted by molar-refractivity contribution is 0.401. The van der Waals surface area contributed by atoms with Gasteiger partial charge in [0.25, 0.3) is 0 Å². The Bertz CT molecular complexity index is 381. The maximum atomic E-state index is 3.45. The summed E-state index contributed by atoms with van der Waals surface area (Å²) < 4.78 is 0. The summed E-state index contributed by atoms with van der Waals surface area (Å²) in [6.45, 7) is 9.13. The fourth-order valence-electron chi connectivity index (χ4n) is 3.14. The molecule has 3 atom stereocenters. The summed E-state index contributed by atoms with van der Waals surface area (Å²) in [7, 11) is 2.07. The van der Waals surface area contributed by atoms with Crippen LogP contribution in [0.2, 0.25) is 0 Å². The molecule has 1 N–H and O–H groups in total. The Kier molecular flexibility index (Phi) is 2.59. The topological polar surface area (TPSA) is 12.0 Å². The molecule has 0 fully saturated rings. The van der Waals surface area contributed by atoms with Gasteiger partial charge in [-0.15, -0.1) is 0 Å². The highest BCUT2D eigenvalue weighted by atomic mass is 14.9. The van der Waals surface area contributed by atoms with E-state index in [1.165, 1.54) is 16.7 Å². The fraction of sp³-hybridized carbons (Fsp3) is 0.571. The highest BCUT2D eigenvalue weighted by Gasteiger charge is 2.35. The lowest BCUT2D eigenvalue weighted by atomic mass is 9.92. The lowest BCUT2D eigenvalue weighted by Crippen LogP contribution is -2.20. The highest BCUT2D eigenvalue weighted by molar-refractivity contribution is 5.46. The smallest absolute Gasteiger partial charge is 0.0352 e. The van der Waals surface area contributed by atoms with Crippen molar-refractivity contribution in [2.75, 3.05) is 7.05 Å². The molecule has 3 unspecified atom stereocenters. The van der Waals surface area contributed by atoms with Gasteiger partial charge in [-0.1, -0.05) is 31.5 Å². The first-order valence-corrected chi connectivity index (χ1v) is 5.84. The molecule has 1 aliphatic rings. The van der Waals surface area contributed by atoms with Gasteiger partial charge in [0.2, 0.25) is 0 Å². The van der Waals surface area contributed by atoms with Crippen LogP contribution in [0.25, 0.3) is 0 Å². The Morgan fingerprint density at radius 3 is 2.40 bits per heavy atom. The van der Waals surface area contributed by atoms with E-state index in [0.717, 1.165) is 0 Å². The van der Waals surface area contributed by atoms with E-state index in [9.17, 15) is 0 Å². The molecule has 0 amide bonds. The van der Waals surface area contributed by atoms with Crippen molar-refractivity contribution in [3.05, 3.63) is 34.4 Å². The molecule has 0 aromatic heterocycles. The zero-order valence-corrected chi connectivity index (χ0v) is 10.4. The first-order chi connectivity index (χ1) is 7.06. The van der Waals surface area contributed by atoms with Crippen LogP contribution in [0.3, 0.4) is 0 Å². The summed E-state index contributed by atoms with van der Waals surface area (Å²) in [5, 5.41) is 3.45. The van der Waals surface area contributed by atoms with Gasteiger partial charge >= 0.3 is 0 Å². The van der Waals surface area contributed by atoms with Gasteiger partial charge in [0.05, 0.1) is 0 Å². The van der Waals surface area contributed by atoms with Crippen LogP contribution in [0, 0.1) is 19.8 Å². The van der Waals surface area contributed by atoms with Crippen molar-refractivity contribution in [1.29, 1.82) is 0 Å². The Labute approximate surface area is 92.9 Å². The summed E-state index contributed by atoms with van der Waals surface area (Å²) in [5.41, 5.74) is 5.94. The molecule has 0 saturated carbocycles. The largest absolute Gasteiger partial charge is 0.313 e. The first-order valence-electron chi connectivity index (χ1n) is 5.84. The van der Waals surface area contributed by atoms with Gasteiger partial charge in [-0.3, -0.25) is 0 Å².